The van der Waals surface area contributed by atoms with Gasteiger partial charge >= 0.3 is 12.1 Å². The van der Waals surface area contributed by atoms with Gasteiger partial charge in [-0.2, -0.15) is 13.2 Å². The van der Waals surface area contributed by atoms with E-state index < -0.39 is 53.1 Å². The number of aromatic carboxylic acids is 1. The number of alkyl halides is 3. The van der Waals surface area contributed by atoms with Crippen LogP contribution < -0.4 is 15.4 Å². The molecule has 2 saturated carbocycles. The summed E-state index contributed by atoms with van der Waals surface area (Å²) in [6.07, 6.45) is -2.89. The maximum Gasteiger partial charge on any atom is 0.419 e. The SMILES string of the molecule is COc1cc(F)c(-c2ccc(C(=O)O)cc2)cc1C(=O)N[C@@H]1[C@H]2CC[C@H](C2)[C@@H]1C(=O)Nc1ccc(F)c(C(F)(F)F)c1. The van der Waals surface area contributed by atoms with Gasteiger partial charge in [0, 0.05) is 23.4 Å². The molecule has 2 aliphatic rings. The maximum atomic E-state index is 15.0. The van der Waals surface area contributed by atoms with Crippen LogP contribution in [0.15, 0.2) is 54.6 Å². The number of carbonyl (C=O) groups is 3. The minimum absolute atomic E-state index is 0.00140. The van der Waals surface area contributed by atoms with Gasteiger partial charge in [0.1, 0.15) is 17.4 Å². The van der Waals surface area contributed by atoms with Crippen molar-refractivity contribution in [1.29, 1.82) is 0 Å². The fraction of sp³-hybridized carbons (Fsp3) is 0.300. The van der Waals surface area contributed by atoms with Crippen molar-refractivity contribution in [3.63, 3.8) is 0 Å². The fourth-order valence-corrected chi connectivity index (χ4v) is 6.07. The Hall–Kier alpha value is -4.48. The Kier molecular flexibility index (Phi) is 7.65. The standard InChI is InChI=1S/C30H25F5N2O5/c1-42-24-13-23(32)19(14-2-4-15(5-3-14)29(40)41)12-20(24)27(38)37-26-17-7-6-16(10-17)25(26)28(39)36-18-8-9-22(31)21(11-18)30(33,34)35/h2-5,8-9,11-13,16-17,25-26H,6-7,10H2,1H3,(H,36,39)(H,37,38)(H,40,41)/t16-,17+,25+,26-/m1/s1. The first-order valence-electron chi connectivity index (χ1n) is 13.1. The van der Waals surface area contributed by atoms with Gasteiger partial charge in [-0.05, 0) is 73.1 Å². The number of benzene rings is 3. The van der Waals surface area contributed by atoms with E-state index in [1.807, 2.05) is 0 Å². The molecule has 0 heterocycles. The lowest BCUT2D eigenvalue weighted by Gasteiger charge is -2.31. The normalized spacial score (nSPS) is 21.2. The second-order valence-corrected chi connectivity index (χ2v) is 10.5. The smallest absolute Gasteiger partial charge is 0.419 e. The highest BCUT2D eigenvalue weighted by Gasteiger charge is 2.51. The quantitative estimate of drug-likeness (QED) is 0.288. The van der Waals surface area contributed by atoms with Crippen molar-refractivity contribution in [2.24, 2.45) is 17.8 Å². The van der Waals surface area contributed by atoms with Crippen molar-refractivity contribution >= 4 is 23.5 Å². The Morgan fingerprint density at radius 2 is 1.62 bits per heavy atom. The summed E-state index contributed by atoms with van der Waals surface area (Å²) in [5.41, 5.74) is -1.40. The van der Waals surface area contributed by atoms with E-state index in [0.717, 1.165) is 18.6 Å². The zero-order chi connectivity index (χ0) is 30.3. The summed E-state index contributed by atoms with van der Waals surface area (Å²) in [7, 11) is 1.26. The number of hydrogen-bond acceptors (Lipinski definition) is 4. The van der Waals surface area contributed by atoms with E-state index in [0.29, 0.717) is 30.5 Å². The molecule has 0 saturated heterocycles. The summed E-state index contributed by atoms with van der Waals surface area (Å²) in [4.78, 5) is 38.0. The molecule has 0 radical (unpaired) electrons. The highest BCUT2D eigenvalue weighted by molar-refractivity contribution is 6.00. The summed E-state index contributed by atoms with van der Waals surface area (Å²) < 4.78 is 73.5. The predicted molar refractivity (Wildman–Crippen MR) is 141 cm³/mol. The highest BCUT2D eigenvalue weighted by atomic mass is 19.4. The van der Waals surface area contributed by atoms with Gasteiger partial charge < -0.3 is 20.5 Å². The number of hydrogen-bond donors (Lipinski definition) is 3. The van der Waals surface area contributed by atoms with E-state index in [4.69, 9.17) is 9.84 Å². The van der Waals surface area contributed by atoms with Crippen molar-refractivity contribution in [3.8, 4) is 16.9 Å². The summed E-state index contributed by atoms with van der Waals surface area (Å²) in [6, 6.07) is 9.28. The first-order chi connectivity index (χ1) is 19.9. The molecule has 2 bridgehead atoms. The van der Waals surface area contributed by atoms with Crippen LogP contribution >= 0.6 is 0 Å². The number of methoxy groups -OCH3 is 1. The van der Waals surface area contributed by atoms with Gasteiger partial charge in [-0.1, -0.05) is 12.1 Å². The van der Waals surface area contributed by atoms with E-state index in [1.165, 1.54) is 37.4 Å². The van der Waals surface area contributed by atoms with Gasteiger partial charge in [-0.25, -0.2) is 13.6 Å². The minimum atomic E-state index is -4.95. The Morgan fingerprint density at radius 3 is 2.26 bits per heavy atom. The van der Waals surface area contributed by atoms with Crippen molar-refractivity contribution in [3.05, 3.63) is 82.9 Å². The van der Waals surface area contributed by atoms with Crippen molar-refractivity contribution in [2.75, 3.05) is 12.4 Å². The molecule has 3 aromatic carbocycles. The fourth-order valence-electron chi connectivity index (χ4n) is 6.07. The van der Waals surface area contributed by atoms with Gasteiger partial charge in [0.15, 0.2) is 0 Å². The average Bonchev–Trinajstić information content (AvgIpc) is 3.55. The predicted octanol–water partition coefficient (Wildman–Crippen LogP) is 6.14. The second kappa shape index (κ2) is 11.1. The second-order valence-electron chi connectivity index (χ2n) is 10.5. The monoisotopic (exact) mass is 588 g/mol. The lowest BCUT2D eigenvalue weighted by atomic mass is 9.83. The number of amides is 2. The van der Waals surface area contributed by atoms with Gasteiger partial charge in [-0.3, -0.25) is 9.59 Å². The molecule has 2 aliphatic carbocycles. The van der Waals surface area contributed by atoms with E-state index in [1.54, 1.807) is 0 Å². The molecule has 4 atom stereocenters. The Bertz CT molecular complexity index is 1560. The summed E-state index contributed by atoms with van der Waals surface area (Å²) in [5, 5.41) is 14.4. The third-order valence-corrected chi connectivity index (χ3v) is 8.03. The molecular formula is C30H25F5N2O5. The number of carbonyl (C=O) groups excluding carboxylic acids is 2. The first-order valence-corrected chi connectivity index (χ1v) is 13.1. The van der Waals surface area contributed by atoms with E-state index >= 15 is 0 Å². The third-order valence-electron chi connectivity index (χ3n) is 8.03. The maximum absolute atomic E-state index is 15.0. The number of carboxylic acid groups (broad SMARTS) is 1. The topological polar surface area (TPSA) is 105 Å². The van der Waals surface area contributed by atoms with Crippen LogP contribution in [0, 0.1) is 29.4 Å². The number of halogens is 5. The lowest BCUT2D eigenvalue weighted by Crippen LogP contribution is -2.48. The average molecular weight is 589 g/mol. The number of rotatable bonds is 7. The molecule has 5 rings (SSSR count). The molecule has 220 valence electrons. The molecule has 0 spiro atoms. The number of carboxylic acids is 1. The van der Waals surface area contributed by atoms with Crippen molar-refractivity contribution in [2.45, 2.75) is 31.5 Å². The van der Waals surface area contributed by atoms with E-state index in [9.17, 15) is 36.3 Å². The van der Waals surface area contributed by atoms with E-state index in [-0.39, 0.29) is 40.0 Å². The summed E-state index contributed by atoms with van der Waals surface area (Å²) >= 11 is 0. The molecule has 0 aliphatic heterocycles. The van der Waals surface area contributed by atoms with Gasteiger partial charge in [0.2, 0.25) is 5.91 Å². The van der Waals surface area contributed by atoms with Crippen LogP contribution in [0.4, 0.5) is 27.6 Å². The summed E-state index contributed by atoms with van der Waals surface area (Å²) in [6.45, 7) is 0. The zero-order valence-electron chi connectivity index (χ0n) is 22.1. The van der Waals surface area contributed by atoms with Gasteiger partial charge in [-0.15, -0.1) is 0 Å². The first kappa shape index (κ1) is 29.0. The Labute approximate surface area is 236 Å². The molecule has 3 aromatic rings. The molecule has 2 fully saturated rings. The largest absolute Gasteiger partial charge is 0.496 e. The molecule has 0 aromatic heterocycles. The van der Waals surface area contributed by atoms with Crippen LogP contribution in [-0.2, 0) is 11.0 Å². The highest BCUT2D eigenvalue weighted by Crippen LogP contribution is 2.49. The van der Waals surface area contributed by atoms with Crippen LogP contribution in [0.25, 0.3) is 11.1 Å². The minimum Gasteiger partial charge on any atom is -0.496 e. The molecule has 42 heavy (non-hydrogen) atoms. The third kappa shape index (κ3) is 5.53. The van der Waals surface area contributed by atoms with Crippen LogP contribution in [0.5, 0.6) is 5.75 Å². The van der Waals surface area contributed by atoms with Crippen molar-refractivity contribution < 1.29 is 46.2 Å². The Balaban J connectivity index is 1.40. The molecule has 2 amide bonds. The Morgan fingerprint density at radius 1 is 0.929 bits per heavy atom. The molecule has 12 heteroatoms. The number of anilines is 1. The van der Waals surface area contributed by atoms with Gasteiger partial charge in [0.25, 0.3) is 5.91 Å². The molecule has 7 nitrogen and oxygen atoms in total. The molecule has 0 unspecified atom stereocenters. The molecular weight excluding hydrogens is 563 g/mol. The number of ether oxygens (including phenoxy) is 1. The zero-order valence-corrected chi connectivity index (χ0v) is 22.1. The van der Waals surface area contributed by atoms with Crippen LogP contribution in [0.3, 0.4) is 0 Å². The van der Waals surface area contributed by atoms with Crippen LogP contribution in [0.1, 0.15) is 45.5 Å². The lowest BCUT2D eigenvalue weighted by molar-refractivity contribution is -0.140. The van der Waals surface area contributed by atoms with Crippen molar-refractivity contribution in [1.82, 2.24) is 5.32 Å². The van der Waals surface area contributed by atoms with Gasteiger partial charge in [0.05, 0.1) is 29.7 Å². The number of nitrogens with one attached hydrogen (secondary N) is 2. The molecule has 3 N–H and O–H groups in total. The van der Waals surface area contributed by atoms with Crippen LogP contribution in [-0.4, -0.2) is 36.0 Å². The number of fused-ring (bicyclic) bond motifs is 2. The van der Waals surface area contributed by atoms with Crippen LogP contribution in [0.2, 0.25) is 0 Å². The summed E-state index contributed by atoms with van der Waals surface area (Å²) in [5.74, 6) is -5.58. The van der Waals surface area contributed by atoms with E-state index in [2.05, 4.69) is 10.6 Å².